The molecule has 3 aliphatic heterocycles. The lowest BCUT2D eigenvalue weighted by Crippen LogP contribution is -2.48. The highest BCUT2D eigenvalue weighted by atomic mass is 32.3. The Kier molecular flexibility index (Phi) is 5.18. The Balaban J connectivity index is 1.69. The normalized spacial score (nSPS) is 29.2. The van der Waals surface area contributed by atoms with Gasteiger partial charge in [0.25, 0.3) is 5.91 Å². The maximum atomic E-state index is 12.3. The van der Waals surface area contributed by atoms with E-state index in [1.165, 1.54) is 4.90 Å². The van der Waals surface area contributed by atoms with E-state index >= 15 is 0 Å². The van der Waals surface area contributed by atoms with Crippen LogP contribution in [-0.2, 0) is 29.3 Å². The summed E-state index contributed by atoms with van der Waals surface area (Å²) in [6.07, 6.45) is 1.05. The van der Waals surface area contributed by atoms with Gasteiger partial charge in [-0.3, -0.25) is 9.35 Å². The first-order chi connectivity index (χ1) is 12.5. The van der Waals surface area contributed by atoms with Crippen molar-refractivity contribution >= 4 is 38.0 Å². The van der Waals surface area contributed by atoms with Crippen LogP contribution < -0.4 is 5.73 Å². The number of hydrogen-bond acceptors (Lipinski definition) is 7. The van der Waals surface area contributed by atoms with E-state index in [2.05, 4.69) is 9.28 Å². The lowest BCUT2D eigenvalue weighted by atomic mass is 9.99. The molecule has 0 aromatic rings. The molecule has 3 N–H and O–H groups in total. The molecule has 0 aliphatic carbocycles. The molecule has 3 rings (SSSR count). The van der Waals surface area contributed by atoms with Gasteiger partial charge >= 0.3 is 16.4 Å². The van der Waals surface area contributed by atoms with Crippen LogP contribution in [0.3, 0.4) is 0 Å². The summed E-state index contributed by atoms with van der Waals surface area (Å²) < 4.78 is 57.8. The fraction of sp³-hybridized carbons (Fsp3) is 0.769. The van der Waals surface area contributed by atoms with Gasteiger partial charge in [-0.2, -0.15) is 18.5 Å². The van der Waals surface area contributed by atoms with Crippen LogP contribution in [0.1, 0.15) is 25.7 Å². The van der Waals surface area contributed by atoms with Crippen LogP contribution in [0.25, 0.3) is 0 Å². The van der Waals surface area contributed by atoms with Crippen molar-refractivity contribution in [1.82, 2.24) is 9.96 Å². The molecule has 3 amide bonds. The quantitative estimate of drug-likeness (QED) is 0.315. The Labute approximate surface area is 156 Å². The second-order valence-electron chi connectivity index (χ2n) is 6.81. The largest absolute Gasteiger partial charge is 0.418 e. The monoisotopic (exact) mass is 424 g/mol. The standard InChI is InChI=1S/C13H20N4O8S2/c14-11(15-12(18)8-3-5-26(20,21)6-4-8)10-2-1-9-7-16(10)13(19)17(9)25-27(22,23)24/h8-10H,1-7H2,(H2,14,15,18)(H,22,23,24)/t9-,10+/m1/s1. The third kappa shape index (κ3) is 4.39. The molecule has 2 bridgehead atoms. The highest BCUT2D eigenvalue weighted by molar-refractivity contribution is 7.91. The SMILES string of the molecule is NC(=NC(=O)C1CCS(=O)(=O)CC1)[C@@H]1CC[C@@H]2CN1C(=O)N2OS(=O)(=O)O. The third-order valence-electron chi connectivity index (χ3n) is 4.98. The fourth-order valence-electron chi connectivity index (χ4n) is 3.57. The number of sulfone groups is 1. The fourth-order valence-corrected chi connectivity index (χ4v) is 5.45. The molecule has 0 unspecified atom stereocenters. The number of rotatable bonds is 4. The molecule has 3 fully saturated rings. The average Bonchev–Trinajstić information content (AvgIpc) is 2.78. The van der Waals surface area contributed by atoms with Crippen LogP contribution >= 0.6 is 0 Å². The van der Waals surface area contributed by atoms with Crippen molar-refractivity contribution in [1.29, 1.82) is 0 Å². The van der Waals surface area contributed by atoms with Crippen LogP contribution in [-0.4, -0.2) is 79.3 Å². The summed E-state index contributed by atoms with van der Waals surface area (Å²) in [5.41, 5.74) is 5.92. The summed E-state index contributed by atoms with van der Waals surface area (Å²) in [4.78, 5) is 29.7. The van der Waals surface area contributed by atoms with Crippen molar-refractivity contribution in [2.75, 3.05) is 18.1 Å². The van der Waals surface area contributed by atoms with Gasteiger partial charge in [0.1, 0.15) is 15.7 Å². The Morgan fingerprint density at radius 1 is 1.22 bits per heavy atom. The van der Waals surface area contributed by atoms with Gasteiger partial charge in [-0.15, -0.1) is 4.28 Å². The zero-order valence-corrected chi connectivity index (χ0v) is 15.9. The number of amidine groups is 1. The number of hydrogen-bond donors (Lipinski definition) is 2. The number of urea groups is 1. The van der Waals surface area contributed by atoms with Crippen LogP contribution in [0, 0.1) is 5.92 Å². The molecule has 0 aromatic heterocycles. The number of piperidine rings is 1. The lowest BCUT2D eigenvalue weighted by molar-refractivity contribution is -0.121. The smallest absolute Gasteiger partial charge is 0.385 e. The lowest BCUT2D eigenvalue weighted by Gasteiger charge is -2.29. The maximum Gasteiger partial charge on any atom is 0.418 e. The zero-order chi connectivity index (χ0) is 20.0. The van der Waals surface area contributed by atoms with Crippen LogP contribution in [0.5, 0.6) is 0 Å². The molecule has 0 saturated carbocycles. The van der Waals surface area contributed by atoms with Crippen molar-refractivity contribution in [2.45, 2.75) is 37.8 Å². The molecule has 14 heteroatoms. The van der Waals surface area contributed by atoms with Gasteiger partial charge in [-0.1, -0.05) is 0 Å². The highest BCUT2D eigenvalue weighted by Gasteiger charge is 2.48. The van der Waals surface area contributed by atoms with Crippen molar-refractivity contribution in [3.63, 3.8) is 0 Å². The van der Waals surface area contributed by atoms with Gasteiger partial charge in [0.15, 0.2) is 0 Å². The molecule has 3 saturated heterocycles. The minimum Gasteiger partial charge on any atom is -0.385 e. The maximum absolute atomic E-state index is 12.3. The third-order valence-corrected chi connectivity index (χ3v) is 7.05. The Hall–Kier alpha value is -1.77. The van der Waals surface area contributed by atoms with Crippen LogP contribution in [0.4, 0.5) is 4.79 Å². The predicted octanol–water partition coefficient (Wildman–Crippen LogP) is -1.30. The average molecular weight is 424 g/mol. The van der Waals surface area contributed by atoms with E-state index in [0.717, 1.165) is 0 Å². The summed E-state index contributed by atoms with van der Waals surface area (Å²) >= 11 is 0. The van der Waals surface area contributed by atoms with Gasteiger partial charge in [-0.05, 0) is 25.7 Å². The zero-order valence-electron chi connectivity index (χ0n) is 14.2. The summed E-state index contributed by atoms with van der Waals surface area (Å²) in [7, 11) is -7.95. The number of aliphatic imine (C=N–C) groups is 1. The van der Waals surface area contributed by atoms with Crippen molar-refractivity contribution in [3.8, 4) is 0 Å². The van der Waals surface area contributed by atoms with Crippen molar-refractivity contribution in [3.05, 3.63) is 0 Å². The summed E-state index contributed by atoms with van der Waals surface area (Å²) in [6, 6.07) is -2.07. The van der Waals surface area contributed by atoms with E-state index in [1.807, 2.05) is 0 Å². The van der Waals surface area contributed by atoms with Gasteiger partial charge in [0.05, 0.1) is 23.6 Å². The number of fused-ring (bicyclic) bond motifs is 2. The number of amides is 3. The molecule has 0 radical (unpaired) electrons. The number of carbonyl (C=O) groups is 2. The minimum absolute atomic E-state index is 0.0729. The molecule has 152 valence electrons. The van der Waals surface area contributed by atoms with E-state index < -0.39 is 50.2 Å². The molecule has 3 heterocycles. The minimum atomic E-state index is -4.85. The highest BCUT2D eigenvalue weighted by Crippen LogP contribution is 2.31. The summed E-state index contributed by atoms with van der Waals surface area (Å²) in [5, 5.41) is 0.580. The molecular formula is C13H20N4O8S2. The predicted molar refractivity (Wildman–Crippen MR) is 91.4 cm³/mol. The van der Waals surface area contributed by atoms with Crippen molar-refractivity contribution < 1.29 is 35.3 Å². The number of nitrogens with two attached hydrogens (primary N) is 1. The first-order valence-electron chi connectivity index (χ1n) is 8.32. The van der Waals surface area contributed by atoms with Gasteiger partial charge in [0.2, 0.25) is 0 Å². The van der Waals surface area contributed by atoms with Crippen LogP contribution in [0.2, 0.25) is 0 Å². The number of carbonyl (C=O) groups excluding carboxylic acids is 2. The Bertz CT molecular complexity index is 870. The molecule has 27 heavy (non-hydrogen) atoms. The first-order valence-corrected chi connectivity index (χ1v) is 11.5. The second-order valence-corrected chi connectivity index (χ2v) is 10.1. The Morgan fingerprint density at radius 3 is 2.44 bits per heavy atom. The number of nitrogens with zero attached hydrogens (tertiary/aromatic N) is 3. The molecule has 12 nitrogen and oxygen atoms in total. The van der Waals surface area contributed by atoms with E-state index in [0.29, 0.717) is 17.9 Å². The molecule has 2 atom stereocenters. The molecule has 3 aliphatic rings. The van der Waals surface area contributed by atoms with E-state index in [-0.39, 0.29) is 36.7 Å². The summed E-state index contributed by atoms with van der Waals surface area (Å²) in [6.45, 7) is 0.116. The Morgan fingerprint density at radius 2 is 1.85 bits per heavy atom. The topological polar surface area (TPSA) is 177 Å². The first kappa shape index (κ1) is 20.0. The van der Waals surface area contributed by atoms with E-state index in [1.54, 1.807) is 0 Å². The molecular weight excluding hydrogens is 404 g/mol. The van der Waals surface area contributed by atoms with Gasteiger partial charge in [0, 0.05) is 12.5 Å². The summed E-state index contributed by atoms with van der Waals surface area (Å²) in [5.74, 6) is -1.29. The number of hydroxylamine groups is 2. The van der Waals surface area contributed by atoms with Gasteiger partial charge < -0.3 is 10.6 Å². The van der Waals surface area contributed by atoms with Crippen LogP contribution in [0.15, 0.2) is 4.99 Å². The van der Waals surface area contributed by atoms with Gasteiger partial charge in [-0.25, -0.2) is 13.2 Å². The van der Waals surface area contributed by atoms with Crippen molar-refractivity contribution in [2.24, 2.45) is 16.6 Å². The van der Waals surface area contributed by atoms with E-state index in [4.69, 9.17) is 10.3 Å². The molecule has 0 aromatic carbocycles. The second kappa shape index (κ2) is 7.00. The molecule has 0 spiro atoms. The van der Waals surface area contributed by atoms with E-state index in [9.17, 15) is 26.4 Å².